The van der Waals surface area contributed by atoms with Gasteiger partial charge in [-0.15, -0.1) is 0 Å². The van der Waals surface area contributed by atoms with Gasteiger partial charge in [-0.1, -0.05) is 0 Å². The lowest BCUT2D eigenvalue weighted by Gasteiger charge is -2.07. The minimum absolute atomic E-state index is 0.0900. The number of amides is 1. The predicted octanol–water partition coefficient (Wildman–Crippen LogP) is 1.55. The average molecular weight is 284 g/mol. The van der Waals surface area contributed by atoms with E-state index in [0.29, 0.717) is 12.1 Å². The first kappa shape index (κ1) is 15.7. The summed E-state index contributed by atoms with van der Waals surface area (Å²) in [5.41, 5.74) is 6.20. The van der Waals surface area contributed by atoms with Gasteiger partial charge in [-0.2, -0.15) is 0 Å². The summed E-state index contributed by atoms with van der Waals surface area (Å²) in [6.07, 6.45) is 3.11. The first-order valence-electron chi connectivity index (χ1n) is 6.14. The van der Waals surface area contributed by atoms with Crippen molar-refractivity contribution in [2.75, 3.05) is 11.6 Å². The number of carbonyl (C=O) groups excluding carboxylic acids is 1. The molecular weight excluding hydrogens is 264 g/mol. The van der Waals surface area contributed by atoms with E-state index in [2.05, 4.69) is 5.32 Å². The van der Waals surface area contributed by atoms with E-state index in [0.717, 1.165) is 19.1 Å². The zero-order valence-corrected chi connectivity index (χ0v) is 12.0. The molecule has 19 heavy (non-hydrogen) atoms. The van der Waals surface area contributed by atoms with Crippen LogP contribution in [0.2, 0.25) is 0 Å². The van der Waals surface area contributed by atoms with Gasteiger partial charge in [0.25, 0.3) is 0 Å². The number of carbonyl (C=O) groups is 1. The smallest absolute Gasteiger partial charge is 0.224 e. The first-order chi connectivity index (χ1) is 8.79. The number of nitrogens with one attached hydrogen (secondary N) is 1. The molecule has 5 nitrogen and oxygen atoms in total. The molecule has 0 heterocycles. The number of rotatable bonds is 6. The minimum atomic E-state index is -3.20. The lowest BCUT2D eigenvalue weighted by molar-refractivity contribution is -0.116. The summed E-state index contributed by atoms with van der Waals surface area (Å²) < 4.78 is 22.5. The Hall–Kier alpha value is -1.40. The van der Waals surface area contributed by atoms with Crippen LogP contribution >= 0.6 is 0 Å². The van der Waals surface area contributed by atoms with E-state index >= 15 is 0 Å². The highest BCUT2D eigenvalue weighted by Crippen LogP contribution is 2.14. The molecule has 1 amide bonds. The van der Waals surface area contributed by atoms with Crippen molar-refractivity contribution in [2.45, 2.75) is 37.1 Å². The fourth-order valence-electron chi connectivity index (χ4n) is 1.59. The summed E-state index contributed by atoms with van der Waals surface area (Å²) in [7, 11) is -3.20. The molecule has 0 fully saturated rings. The molecule has 1 unspecified atom stereocenters. The average Bonchev–Trinajstić information content (AvgIpc) is 2.27. The van der Waals surface area contributed by atoms with Crippen LogP contribution < -0.4 is 11.1 Å². The van der Waals surface area contributed by atoms with Gasteiger partial charge in [-0.25, -0.2) is 8.42 Å². The highest BCUT2D eigenvalue weighted by Gasteiger charge is 2.07. The molecule has 3 N–H and O–H groups in total. The van der Waals surface area contributed by atoms with E-state index in [4.69, 9.17) is 5.73 Å². The molecule has 0 radical (unpaired) electrons. The Morgan fingerprint density at radius 3 is 2.37 bits per heavy atom. The van der Waals surface area contributed by atoms with Gasteiger partial charge in [0.1, 0.15) is 0 Å². The molecular formula is C13H20N2O3S. The lowest BCUT2D eigenvalue weighted by Crippen LogP contribution is -2.16. The first-order valence-corrected chi connectivity index (χ1v) is 8.04. The van der Waals surface area contributed by atoms with E-state index in [1.165, 1.54) is 12.1 Å². The van der Waals surface area contributed by atoms with Crippen molar-refractivity contribution in [1.82, 2.24) is 0 Å². The highest BCUT2D eigenvalue weighted by atomic mass is 32.2. The van der Waals surface area contributed by atoms with Crippen LogP contribution in [0, 0.1) is 0 Å². The van der Waals surface area contributed by atoms with Crippen LogP contribution in [0.1, 0.15) is 26.2 Å². The van der Waals surface area contributed by atoms with Crippen LogP contribution in [-0.2, 0) is 14.6 Å². The Balaban J connectivity index is 2.52. The largest absolute Gasteiger partial charge is 0.328 e. The molecule has 1 aromatic carbocycles. The van der Waals surface area contributed by atoms with Gasteiger partial charge in [-0.3, -0.25) is 4.79 Å². The van der Waals surface area contributed by atoms with Crippen LogP contribution in [0.15, 0.2) is 29.2 Å². The van der Waals surface area contributed by atoms with Crippen LogP contribution in [0.3, 0.4) is 0 Å². The van der Waals surface area contributed by atoms with Gasteiger partial charge in [0.2, 0.25) is 5.91 Å². The molecule has 0 aliphatic heterocycles. The molecule has 0 saturated heterocycles. The van der Waals surface area contributed by atoms with Crippen molar-refractivity contribution >= 4 is 21.4 Å². The number of hydrogen-bond donors (Lipinski definition) is 2. The Morgan fingerprint density at radius 1 is 1.32 bits per heavy atom. The molecule has 0 aliphatic rings. The van der Waals surface area contributed by atoms with Gasteiger partial charge in [0, 0.05) is 24.4 Å². The van der Waals surface area contributed by atoms with E-state index in [1.54, 1.807) is 12.1 Å². The summed E-state index contributed by atoms with van der Waals surface area (Å²) in [4.78, 5) is 11.8. The second kappa shape index (κ2) is 6.68. The van der Waals surface area contributed by atoms with Gasteiger partial charge >= 0.3 is 0 Å². The maximum Gasteiger partial charge on any atom is 0.224 e. The standard InChI is InChI=1S/C13H20N2O3S/c1-10(14)4-3-5-13(16)15-11-6-8-12(9-7-11)19(2,17)18/h6-10H,3-5,14H2,1-2H3,(H,15,16). The number of benzene rings is 1. The Morgan fingerprint density at radius 2 is 1.89 bits per heavy atom. The monoisotopic (exact) mass is 284 g/mol. The normalized spacial score (nSPS) is 13.0. The van der Waals surface area contributed by atoms with Crippen molar-refractivity contribution in [3.8, 4) is 0 Å². The number of anilines is 1. The molecule has 1 aromatic rings. The van der Waals surface area contributed by atoms with Crippen LogP contribution in [-0.4, -0.2) is 26.6 Å². The maximum absolute atomic E-state index is 11.6. The maximum atomic E-state index is 11.6. The molecule has 0 aromatic heterocycles. The quantitative estimate of drug-likeness (QED) is 0.829. The second-order valence-corrected chi connectivity index (χ2v) is 6.73. The van der Waals surface area contributed by atoms with Gasteiger partial charge in [0.05, 0.1) is 4.90 Å². The van der Waals surface area contributed by atoms with Crippen molar-refractivity contribution in [2.24, 2.45) is 5.73 Å². The third-order valence-corrected chi connectivity index (χ3v) is 3.76. The molecule has 0 saturated carbocycles. The number of hydrogen-bond acceptors (Lipinski definition) is 4. The molecule has 6 heteroatoms. The van der Waals surface area contributed by atoms with Crippen LogP contribution in [0.4, 0.5) is 5.69 Å². The summed E-state index contributed by atoms with van der Waals surface area (Å²) >= 11 is 0. The summed E-state index contributed by atoms with van der Waals surface area (Å²) in [5.74, 6) is -0.0900. The summed E-state index contributed by atoms with van der Waals surface area (Å²) in [6.45, 7) is 1.90. The third-order valence-electron chi connectivity index (χ3n) is 2.63. The van der Waals surface area contributed by atoms with E-state index in [-0.39, 0.29) is 16.8 Å². The Kier molecular flexibility index (Phi) is 5.50. The third kappa shape index (κ3) is 5.85. The highest BCUT2D eigenvalue weighted by molar-refractivity contribution is 7.90. The molecule has 1 atom stereocenters. The second-order valence-electron chi connectivity index (χ2n) is 4.71. The van der Waals surface area contributed by atoms with Gasteiger partial charge < -0.3 is 11.1 Å². The molecule has 0 spiro atoms. The lowest BCUT2D eigenvalue weighted by atomic mass is 10.1. The SMILES string of the molecule is CC(N)CCCC(=O)Nc1ccc(S(C)(=O)=O)cc1. The predicted molar refractivity (Wildman–Crippen MR) is 75.7 cm³/mol. The number of nitrogens with two attached hydrogens (primary N) is 1. The van der Waals surface area contributed by atoms with Crippen molar-refractivity contribution < 1.29 is 13.2 Å². The van der Waals surface area contributed by atoms with Crippen molar-refractivity contribution in [1.29, 1.82) is 0 Å². The van der Waals surface area contributed by atoms with E-state index in [1.807, 2.05) is 6.92 Å². The Labute approximate surface area is 114 Å². The van der Waals surface area contributed by atoms with Crippen molar-refractivity contribution in [3.63, 3.8) is 0 Å². The van der Waals surface area contributed by atoms with Crippen LogP contribution in [0.5, 0.6) is 0 Å². The van der Waals surface area contributed by atoms with Gasteiger partial charge in [-0.05, 0) is 44.0 Å². The molecule has 0 aliphatic carbocycles. The van der Waals surface area contributed by atoms with E-state index < -0.39 is 9.84 Å². The van der Waals surface area contributed by atoms with Gasteiger partial charge in [0.15, 0.2) is 9.84 Å². The summed E-state index contributed by atoms with van der Waals surface area (Å²) in [5, 5.41) is 2.72. The van der Waals surface area contributed by atoms with E-state index in [9.17, 15) is 13.2 Å². The molecule has 106 valence electrons. The van der Waals surface area contributed by atoms with Crippen LogP contribution in [0.25, 0.3) is 0 Å². The zero-order chi connectivity index (χ0) is 14.5. The fourth-order valence-corrected chi connectivity index (χ4v) is 2.22. The topological polar surface area (TPSA) is 89.3 Å². The molecule has 0 bridgehead atoms. The minimum Gasteiger partial charge on any atom is -0.328 e. The molecule has 1 rings (SSSR count). The fraction of sp³-hybridized carbons (Fsp3) is 0.462. The van der Waals surface area contributed by atoms with Crippen molar-refractivity contribution in [3.05, 3.63) is 24.3 Å². The Bertz CT molecular complexity index is 521. The zero-order valence-electron chi connectivity index (χ0n) is 11.2. The number of sulfone groups is 1. The summed E-state index contributed by atoms with van der Waals surface area (Å²) in [6, 6.07) is 6.22.